The molecular formula is C4H5N4OP. The maximum atomic E-state index is 10.8. The largest absolute Gasteiger partial charge is 0.608 e. The third-order valence-electron chi connectivity index (χ3n) is 1.46. The number of rotatable bonds is 1. The van der Waals surface area contributed by atoms with Crippen molar-refractivity contribution in [3.63, 3.8) is 0 Å². The van der Waals surface area contributed by atoms with Crippen molar-refractivity contribution in [2.75, 3.05) is 0 Å². The van der Waals surface area contributed by atoms with E-state index >= 15 is 0 Å². The molecule has 1 aromatic heterocycles. The first-order valence-electron chi connectivity index (χ1n) is 2.80. The number of hydrogen-bond donors (Lipinski definition) is 0. The number of nitrogens with zero attached hydrogens (tertiary/aromatic N) is 4. The van der Waals surface area contributed by atoms with Crippen LogP contribution in [-0.2, 0) is 5.40 Å². The molecule has 1 aliphatic heterocycles. The van der Waals surface area contributed by atoms with Crippen molar-refractivity contribution in [2.45, 2.75) is 12.3 Å². The summed E-state index contributed by atoms with van der Waals surface area (Å²) in [5, 5.41) is 6.69. The van der Waals surface area contributed by atoms with Gasteiger partial charge in [0.25, 0.3) is 0 Å². The molecule has 0 saturated heterocycles. The van der Waals surface area contributed by atoms with Gasteiger partial charge in [0.15, 0.2) is 0 Å². The third kappa shape index (κ3) is 0.616. The Morgan fingerprint density at radius 2 is 2.40 bits per heavy atom. The smallest absolute Gasteiger partial charge is 0.362 e. The van der Waals surface area contributed by atoms with Gasteiger partial charge in [-0.1, -0.05) is 5.21 Å². The van der Waals surface area contributed by atoms with Crippen LogP contribution in [0.25, 0.3) is 0 Å². The van der Waals surface area contributed by atoms with E-state index < -0.39 is 13.3 Å². The molecule has 0 radical (unpaired) electrons. The Bertz CT molecular complexity index is 281. The lowest BCUT2D eigenvalue weighted by Crippen LogP contribution is -2.15. The van der Waals surface area contributed by atoms with Crippen molar-refractivity contribution >= 4 is 7.94 Å². The van der Waals surface area contributed by atoms with Crippen LogP contribution in [0, 0.1) is 0 Å². The molecule has 0 spiro atoms. The van der Waals surface area contributed by atoms with Crippen LogP contribution in [0.15, 0.2) is 17.1 Å². The molecule has 10 heavy (non-hydrogen) atoms. The average molecular weight is 156 g/mol. The first-order chi connectivity index (χ1) is 4.73. The molecule has 2 unspecified atom stereocenters. The lowest BCUT2D eigenvalue weighted by atomic mass is 10.6. The predicted molar refractivity (Wildman–Crippen MR) is 33.0 cm³/mol. The normalized spacial score (nSPS) is 33.6. The molecule has 1 aliphatic rings. The topological polar surface area (TPSA) is 66.1 Å². The van der Waals surface area contributed by atoms with Crippen molar-refractivity contribution < 1.29 is 4.89 Å². The van der Waals surface area contributed by atoms with E-state index in [0.717, 1.165) is 0 Å². The minimum absolute atomic E-state index is 0.591. The standard InChI is InChI=1S/C4H5N4OP/c1-4(6-10(4)9)8-3-2-5-7-8/h2-3H,1H3. The third-order valence-corrected chi connectivity index (χ3v) is 2.87. The van der Waals surface area contributed by atoms with Gasteiger partial charge in [-0.3, -0.25) is 0 Å². The van der Waals surface area contributed by atoms with Gasteiger partial charge in [-0.2, -0.15) is 4.68 Å². The van der Waals surface area contributed by atoms with Crippen molar-refractivity contribution in [1.29, 1.82) is 0 Å². The summed E-state index contributed by atoms with van der Waals surface area (Å²) >= 11 is 0. The predicted octanol–water partition coefficient (Wildman–Crippen LogP) is -0.137. The fraction of sp³-hybridized carbons (Fsp3) is 0.500. The molecule has 2 atom stereocenters. The van der Waals surface area contributed by atoms with Crippen LogP contribution < -0.4 is 4.89 Å². The van der Waals surface area contributed by atoms with E-state index in [1.54, 1.807) is 19.3 Å². The van der Waals surface area contributed by atoms with E-state index in [-0.39, 0.29) is 0 Å². The number of hydrogen-bond acceptors (Lipinski definition) is 4. The van der Waals surface area contributed by atoms with E-state index in [1.807, 2.05) is 0 Å². The van der Waals surface area contributed by atoms with E-state index in [2.05, 4.69) is 15.1 Å². The Kier molecular flexibility index (Phi) is 0.963. The first-order valence-corrected chi connectivity index (χ1v) is 4.02. The Labute approximate surface area is 58.2 Å². The van der Waals surface area contributed by atoms with Gasteiger partial charge in [0.2, 0.25) is 7.94 Å². The minimum Gasteiger partial charge on any atom is -0.608 e. The summed E-state index contributed by atoms with van der Waals surface area (Å²) in [6, 6.07) is 0. The van der Waals surface area contributed by atoms with Crippen LogP contribution in [0.5, 0.6) is 0 Å². The Morgan fingerprint density at radius 3 is 2.80 bits per heavy atom. The molecule has 52 valence electrons. The molecule has 0 aliphatic carbocycles. The summed E-state index contributed by atoms with van der Waals surface area (Å²) in [4.78, 5) is 10.8. The summed E-state index contributed by atoms with van der Waals surface area (Å²) < 4.78 is 5.30. The second kappa shape index (κ2) is 1.62. The SMILES string of the molecule is CC1(n2ccnn2)N=[P+]1[O-]. The molecule has 6 heteroatoms. The van der Waals surface area contributed by atoms with E-state index in [4.69, 9.17) is 0 Å². The van der Waals surface area contributed by atoms with Gasteiger partial charge in [-0.15, -0.1) is 5.10 Å². The van der Waals surface area contributed by atoms with Crippen LogP contribution in [0.1, 0.15) is 6.92 Å². The van der Waals surface area contributed by atoms with Gasteiger partial charge in [-0.25, -0.2) is 0 Å². The highest BCUT2D eigenvalue weighted by molar-refractivity contribution is 7.46. The molecular weight excluding hydrogens is 151 g/mol. The maximum Gasteiger partial charge on any atom is 0.362 e. The molecule has 2 rings (SSSR count). The van der Waals surface area contributed by atoms with Crippen LogP contribution in [0.3, 0.4) is 0 Å². The number of aromatic nitrogens is 3. The quantitative estimate of drug-likeness (QED) is 0.531. The van der Waals surface area contributed by atoms with Gasteiger partial charge in [0.1, 0.15) is 0 Å². The molecule has 0 amide bonds. The molecule has 0 N–H and O–H groups in total. The Morgan fingerprint density at radius 1 is 1.70 bits per heavy atom. The molecule has 2 heterocycles. The summed E-state index contributed by atoms with van der Waals surface area (Å²) in [5.41, 5.74) is 0. The highest BCUT2D eigenvalue weighted by atomic mass is 31.1. The molecule has 5 nitrogen and oxygen atoms in total. The van der Waals surface area contributed by atoms with Gasteiger partial charge >= 0.3 is 5.40 Å². The lowest BCUT2D eigenvalue weighted by Gasteiger charge is -1.97. The summed E-state index contributed by atoms with van der Waals surface area (Å²) in [6.45, 7) is 1.76. The van der Waals surface area contributed by atoms with Gasteiger partial charge in [0.05, 0.1) is 12.4 Å². The molecule has 0 saturated carbocycles. The highest BCUT2D eigenvalue weighted by Gasteiger charge is 2.54. The lowest BCUT2D eigenvalue weighted by molar-refractivity contribution is -0.154. The minimum atomic E-state index is -1.43. The highest BCUT2D eigenvalue weighted by Crippen LogP contribution is 2.56. The summed E-state index contributed by atoms with van der Waals surface area (Å²) in [7, 11) is -1.43. The van der Waals surface area contributed by atoms with Crippen LogP contribution in [-0.4, -0.2) is 15.0 Å². The van der Waals surface area contributed by atoms with Gasteiger partial charge in [-0.05, 0) is 4.74 Å². The van der Waals surface area contributed by atoms with E-state index in [9.17, 15) is 4.89 Å². The van der Waals surface area contributed by atoms with Crippen molar-refractivity contribution in [3.05, 3.63) is 12.4 Å². The summed E-state index contributed by atoms with van der Waals surface area (Å²) in [6.07, 6.45) is 3.20. The molecule has 0 bridgehead atoms. The van der Waals surface area contributed by atoms with Crippen molar-refractivity contribution in [2.24, 2.45) is 4.74 Å². The zero-order valence-corrected chi connectivity index (χ0v) is 6.19. The second-order valence-corrected chi connectivity index (χ2v) is 3.78. The average Bonchev–Trinajstić information content (AvgIpc) is 2.35. The monoisotopic (exact) mass is 156 g/mol. The van der Waals surface area contributed by atoms with Crippen molar-refractivity contribution in [1.82, 2.24) is 15.0 Å². The fourth-order valence-corrected chi connectivity index (χ4v) is 1.50. The molecule has 0 fully saturated rings. The van der Waals surface area contributed by atoms with E-state index in [1.165, 1.54) is 4.68 Å². The van der Waals surface area contributed by atoms with E-state index in [0.29, 0.717) is 0 Å². The van der Waals surface area contributed by atoms with Crippen LogP contribution in [0.2, 0.25) is 0 Å². The zero-order chi connectivity index (χ0) is 7.19. The Hall–Kier alpha value is -0.800. The second-order valence-electron chi connectivity index (χ2n) is 2.19. The fourth-order valence-electron chi connectivity index (χ4n) is 0.717. The molecule has 1 aromatic rings. The van der Waals surface area contributed by atoms with Gasteiger partial charge in [0, 0.05) is 6.92 Å². The van der Waals surface area contributed by atoms with Crippen LogP contribution >= 0.6 is 7.94 Å². The first kappa shape index (κ1) is 5.95. The Balaban J connectivity index is 2.32. The van der Waals surface area contributed by atoms with Crippen LogP contribution in [0.4, 0.5) is 0 Å². The van der Waals surface area contributed by atoms with Gasteiger partial charge < -0.3 is 4.89 Å². The summed E-state index contributed by atoms with van der Waals surface area (Å²) in [5.74, 6) is 0. The van der Waals surface area contributed by atoms with Crippen molar-refractivity contribution in [3.8, 4) is 0 Å². The maximum absolute atomic E-state index is 10.8. The molecule has 0 aromatic carbocycles. The zero-order valence-electron chi connectivity index (χ0n) is 5.30.